The maximum absolute atomic E-state index is 9.81. The molecule has 0 aliphatic heterocycles. The highest BCUT2D eigenvalue weighted by Gasteiger charge is 1.94. The Morgan fingerprint density at radius 2 is 1.38 bits per heavy atom. The molecule has 3 nitrogen and oxygen atoms in total. The van der Waals surface area contributed by atoms with Gasteiger partial charge >= 0.3 is 6.09 Å². The van der Waals surface area contributed by atoms with Gasteiger partial charge in [-0.15, -0.1) is 0 Å². The number of ether oxygens (including phenoxy) is 1. The van der Waals surface area contributed by atoms with Crippen molar-refractivity contribution in [3.63, 3.8) is 0 Å². The Morgan fingerprint density at radius 1 is 1.08 bits per heavy atom. The van der Waals surface area contributed by atoms with Crippen LogP contribution in [0.15, 0.2) is 36.4 Å². The number of hydrogen-bond acceptors (Lipinski definition) is 2. The lowest BCUT2D eigenvalue weighted by Crippen LogP contribution is -2.17. The van der Waals surface area contributed by atoms with Crippen molar-refractivity contribution in [3.05, 3.63) is 36.4 Å². The van der Waals surface area contributed by atoms with Gasteiger partial charge in [-0.3, -0.25) is 0 Å². The third-order valence-electron chi connectivity index (χ3n) is 1.02. The van der Waals surface area contributed by atoms with Crippen LogP contribution in [-0.4, -0.2) is 12.2 Å². The van der Waals surface area contributed by atoms with Gasteiger partial charge in [0.2, 0.25) is 0 Å². The molecule has 3 heteroatoms. The molecule has 1 rings (SSSR count). The van der Waals surface area contributed by atoms with Crippen LogP contribution in [0, 0.1) is 0 Å². The van der Waals surface area contributed by atoms with Gasteiger partial charge in [0.15, 0.2) is 0 Å². The summed E-state index contributed by atoms with van der Waals surface area (Å²) in [6.45, 7) is 3.48. The molecule has 0 aliphatic carbocycles. The Balaban J connectivity index is 0.000000223. The van der Waals surface area contributed by atoms with Crippen molar-refractivity contribution < 1.29 is 9.53 Å². The van der Waals surface area contributed by atoms with Crippen LogP contribution in [0.3, 0.4) is 0 Å². The molecule has 0 bridgehead atoms. The van der Waals surface area contributed by atoms with Crippen molar-refractivity contribution in [2.75, 3.05) is 0 Å². The summed E-state index contributed by atoms with van der Waals surface area (Å²) in [4.78, 5) is 9.81. The van der Waals surface area contributed by atoms with E-state index in [4.69, 9.17) is 0 Å². The summed E-state index contributed by atoms with van der Waals surface area (Å²) in [6, 6.07) is 12.0. The lowest BCUT2D eigenvalue weighted by Gasteiger charge is -2.01. The summed E-state index contributed by atoms with van der Waals surface area (Å²) >= 11 is 0. The molecule has 72 valence electrons. The van der Waals surface area contributed by atoms with Crippen molar-refractivity contribution in [3.8, 4) is 0 Å². The first-order valence-corrected chi connectivity index (χ1v) is 4.09. The molecule has 0 fully saturated rings. The number of primary amides is 1. The second-order valence-corrected chi connectivity index (χ2v) is 2.64. The number of hydrogen-bond donors (Lipinski definition) is 1. The Kier molecular flexibility index (Phi) is 6.32. The van der Waals surface area contributed by atoms with Crippen LogP contribution in [-0.2, 0) is 4.74 Å². The minimum atomic E-state index is -0.713. The summed E-state index contributed by atoms with van der Waals surface area (Å²) in [5.41, 5.74) is 4.63. The van der Waals surface area contributed by atoms with E-state index in [1.807, 2.05) is 36.4 Å². The van der Waals surface area contributed by atoms with E-state index in [0.29, 0.717) is 0 Å². The van der Waals surface area contributed by atoms with Crippen molar-refractivity contribution in [1.82, 2.24) is 0 Å². The van der Waals surface area contributed by atoms with E-state index in [-0.39, 0.29) is 6.10 Å². The molecule has 0 saturated heterocycles. The smallest absolute Gasteiger partial charge is 0.404 e. The third kappa shape index (κ3) is 10.5. The molecule has 2 N–H and O–H groups in total. The van der Waals surface area contributed by atoms with Gasteiger partial charge in [-0.05, 0) is 13.8 Å². The van der Waals surface area contributed by atoms with E-state index in [1.165, 1.54) is 0 Å². The van der Waals surface area contributed by atoms with Crippen LogP contribution >= 0.6 is 0 Å². The lowest BCUT2D eigenvalue weighted by molar-refractivity contribution is 0.125. The predicted octanol–water partition coefficient (Wildman–Crippen LogP) is 2.18. The first-order chi connectivity index (χ1) is 6.13. The Morgan fingerprint density at radius 3 is 1.46 bits per heavy atom. The molecule has 0 aromatic heterocycles. The van der Waals surface area contributed by atoms with Gasteiger partial charge in [0.25, 0.3) is 0 Å². The second-order valence-electron chi connectivity index (χ2n) is 2.64. The summed E-state index contributed by atoms with van der Waals surface area (Å²) in [5.74, 6) is 0. The van der Waals surface area contributed by atoms with Gasteiger partial charge < -0.3 is 10.5 Å². The summed E-state index contributed by atoms with van der Waals surface area (Å²) in [5, 5.41) is 0. The van der Waals surface area contributed by atoms with Crippen molar-refractivity contribution in [2.45, 2.75) is 20.0 Å². The molecule has 0 radical (unpaired) electrons. The average Bonchev–Trinajstić information content (AvgIpc) is 2.06. The number of carbonyl (C=O) groups is 1. The van der Waals surface area contributed by atoms with E-state index < -0.39 is 6.09 Å². The van der Waals surface area contributed by atoms with Crippen LogP contribution < -0.4 is 5.73 Å². The van der Waals surface area contributed by atoms with Gasteiger partial charge in [-0.1, -0.05) is 36.4 Å². The molecule has 0 unspecified atom stereocenters. The van der Waals surface area contributed by atoms with Gasteiger partial charge in [0.05, 0.1) is 6.10 Å². The molecular formula is C10H15NO2. The maximum Gasteiger partial charge on any atom is 0.404 e. The standard InChI is InChI=1S/C6H6.C4H9NO2/c1-2-4-6-5-3-1;1-3(2)7-4(5)6/h1-6H;3H,1-2H3,(H2,5,6). The molecule has 1 aromatic carbocycles. The summed E-state index contributed by atoms with van der Waals surface area (Å²) < 4.78 is 4.39. The molecule has 13 heavy (non-hydrogen) atoms. The third-order valence-corrected chi connectivity index (χ3v) is 1.02. The first kappa shape index (κ1) is 11.5. The Hall–Kier alpha value is -1.51. The number of carbonyl (C=O) groups excluding carboxylic acids is 1. The normalized spacial score (nSPS) is 8.54. The molecule has 0 spiro atoms. The van der Waals surface area contributed by atoms with Crippen LogP contribution in [0.25, 0.3) is 0 Å². The van der Waals surface area contributed by atoms with Crippen LogP contribution in [0.2, 0.25) is 0 Å². The van der Waals surface area contributed by atoms with Crippen molar-refractivity contribution >= 4 is 6.09 Å². The van der Waals surface area contributed by atoms with E-state index in [1.54, 1.807) is 13.8 Å². The van der Waals surface area contributed by atoms with E-state index in [2.05, 4.69) is 10.5 Å². The Labute approximate surface area is 78.5 Å². The minimum Gasteiger partial charge on any atom is -0.447 e. The molecule has 0 saturated carbocycles. The highest BCUT2D eigenvalue weighted by atomic mass is 16.6. The number of benzene rings is 1. The minimum absolute atomic E-state index is 0.0995. The Bertz CT molecular complexity index is 195. The SMILES string of the molecule is CC(C)OC(N)=O.c1ccccc1. The molecule has 1 amide bonds. The van der Waals surface area contributed by atoms with Crippen LogP contribution in [0.5, 0.6) is 0 Å². The highest BCUT2D eigenvalue weighted by Crippen LogP contribution is 1.83. The second kappa shape index (κ2) is 7.16. The van der Waals surface area contributed by atoms with Crippen LogP contribution in [0.1, 0.15) is 13.8 Å². The van der Waals surface area contributed by atoms with Crippen LogP contribution in [0.4, 0.5) is 4.79 Å². The first-order valence-electron chi connectivity index (χ1n) is 4.09. The topological polar surface area (TPSA) is 52.3 Å². The zero-order valence-electron chi connectivity index (χ0n) is 7.94. The largest absolute Gasteiger partial charge is 0.447 e. The predicted molar refractivity (Wildman–Crippen MR) is 52.2 cm³/mol. The van der Waals surface area contributed by atoms with E-state index in [9.17, 15) is 4.79 Å². The molecule has 0 heterocycles. The van der Waals surface area contributed by atoms with E-state index >= 15 is 0 Å². The van der Waals surface area contributed by atoms with Gasteiger partial charge in [0, 0.05) is 0 Å². The fourth-order valence-corrected chi connectivity index (χ4v) is 0.617. The molecule has 1 aromatic rings. The molecule has 0 atom stereocenters. The fraction of sp³-hybridized carbons (Fsp3) is 0.300. The molecular weight excluding hydrogens is 166 g/mol. The highest BCUT2D eigenvalue weighted by molar-refractivity contribution is 5.64. The monoisotopic (exact) mass is 181 g/mol. The van der Waals surface area contributed by atoms with E-state index in [0.717, 1.165) is 0 Å². The average molecular weight is 181 g/mol. The number of amides is 1. The zero-order valence-corrected chi connectivity index (χ0v) is 7.94. The van der Waals surface area contributed by atoms with Crippen molar-refractivity contribution in [2.24, 2.45) is 5.73 Å². The fourth-order valence-electron chi connectivity index (χ4n) is 0.617. The molecule has 0 aliphatic rings. The summed E-state index contributed by atoms with van der Waals surface area (Å²) in [6.07, 6.45) is -0.813. The van der Waals surface area contributed by atoms with Gasteiger partial charge in [0.1, 0.15) is 0 Å². The van der Waals surface area contributed by atoms with Crippen molar-refractivity contribution in [1.29, 1.82) is 0 Å². The number of rotatable bonds is 1. The number of nitrogens with two attached hydrogens (primary N) is 1. The maximum atomic E-state index is 9.81. The quantitative estimate of drug-likeness (QED) is 0.721. The van der Waals surface area contributed by atoms with Gasteiger partial charge in [-0.25, -0.2) is 4.79 Å². The lowest BCUT2D eigenvalue weighted by atomic mass is 10.4. The van der Waals surface area contributed by atoms with Gasteiger partial charge in [-0.2, -0.15) is 0 Å². The summed E-state index contributed by atoms with van der Waals surface area (Å²) in [7, 11) is 0. The zero-order chi connectivity index (χ0) is 10.1.